The Kier molecular flexibility index (Phi) is 5.24. The predicted octanol–water partition coefficient (Wildman–Crippen LogP) is 4.09. The molecule has 0 radical (unpaired) electrons. The lowest BCUT2D eigenvalue weighted by atomic mass is 9.96. The van der Waals surface area contributed by atoms with Crippen molar-refractivity contribution in [1.29, 1.82) is 0 Å². The maximum atomic E-state index is 11.9. The van der Waals surface area contributed by atoms with Crippen molar-refractivity contribution in [1.82, 2.24) is 0 Å². The smallest absolute Gasteiger partial charge is 0.206 e. The second-order valence-corrected chi connectivity index (χ2v) is 5.90. The van der Waals surface area contributed by atoms with Gasteiger partial charge in [-0.3, -0.25) is 4.79 Å². The number of carbonyl (C=O) groups is 1. The SMILES string of the molecule is O=C(C#Cc1ccc(-c2ccccc2)cc1)CC1CCCOC1. The fourth-order valence-corrected chi connectivity index (χ4v) is 2.80. The molecule has 0 spiro atoms. The zero-order valence-corrected chi connectivity index (χ0v) is 13.1. The molecule has 0 aliphatic carbocycles. The number of carbonyl (C=O) groups excluding carboxylic acids is 1. The molecule has 1 fully saturated rings. The fraction of sp³-hybridized carbons (Fsp3) is 0.286. The van der Waals surface area contributed by atoms with E-state index in [1.165, 1.54) is 5.56 Å². The molecule has 1 aliphatic rings. The number of benzene rings is 2. The second kappa shape index (κ2) is 7.76. The summed E-state index contributed by atoms with van der Waals surface area (Å²) in [6, 6.07) is 18.2. The van der Waals surface area contributed by atoms with Gasteiger partial charge in [0.25, 0.3) is 0 Å². The van der Waals surface area contributed by atoms with Crippen LogP contribution in [0.3, 0.4) is 0 Å². The molecule has 0 saturated carbocycles. The molecule has 2 aromatic carbocycles. The third-order valence-electron chi connectivity index (χ3n) is 4.07. The Morgan fingerprint density at radius 3 is 2.48 bits per heavy atom. The minimum atomic E-state index is 0.00707. The lowest BCUT2D eigenvalue weighted by molar-refractivity contribution is -0.115. The Labute approximate surface area is 137 Å². The number of ether oxygens (including phenoxy) is 1. The molecule has 0 N–H and O–H groups in total. The highest BCUT2D eigenvalue weighted by molar-refractivity contribution is 5.96. The van der Waals surface area contributed by atoms with Crippen LogP contribution in [0.4, 0.5) is 0 Å². The maximum absolute atomic E-state index is 11.9. The van der Waals surface area contributed by atoms with Gasteiger partial charge >= 0.3 is 0 Å². The Bertz CT molecular complexity index is 699. The molecule has 2 nitrogen and oxygen atoms in total. The first-order valence-corrected chi connectivity index (χ1v) is 8.09. The van der Waals surface area contributed by atoms with Crippen LogP contribution in [0.5, 0.6) is 0 Å². The van der Waals surface area contributed by atoms with Crippen molar-refractivity contribution in [3.05, 3.63) is 60.2 Å². The monoisotopic (exact) mass is 304 g/mol. The Morgan fingerprint density at radius 1 is 1.04 bits per heavy atom. The molecule has 0 aromatic heterocycles. The van der Waals surface area contributed by atoms with Crippen LogP contribution in [-0.2, 0) is 9.53 Å². The first-order chi connectivity index (χ1) is 11.3. The molecule has 0 bridgehead atoms. The topological polar surface area (TPSA) is 26.3 Å². The minimum Gasteiger partial charge on any atom is -0.381 e. The third kappa shape index (κ3) is 4.55. The van der Waals surface area contributed by atoms with Gasteiger partial charge in [-0.25, -0.2) is 0 Å². The zero-order chi connectivity index (χ0) is 15.9. The van der Waals surface area contributed by atoms with Crippen molar-refractivity contribution in [2.45, 2.75) is 19.3 Å². The van der Waals surface area contributed by atoms with E-state index in [2.05, 4.69) is 24.0 Å². The summed E-state index contributed by atoms with van der Waals surface area (Å²) in [5.41, 5.74) is 3.21. The Balaban J connectivity index is 1.61. The van der Waals surface area contributed by atoms with Crippen molar-refractivity contribution in [3.8, 4) is 23.0 Å². The van der Waals surface area contributed by atoms with Crippen LogP contribution < -0.4 is 0 Å². The van der Waals surface area contributed by atoms with Gasteiger partial charge in [-0.1, -0.05) is 48.4 Å². The lowest BCUT2D eigenvalue weighted by Gasteiger charge is -2.20. The average Bonchev–Trinajstić information content (AvgIpc) is 2.62. The van der Waals surface area contributed by atoms with E-state index in [0.717, 1.165) is 30.6 Å². The summed E-state index contributed by atoms with van der Waals surface area (Å²) in [6.45, 7) is 1.52. The summed E-state index contributed by atoms with van der Waals surface area (Å²) in [6.07, 6.45) is 2.63. The van der Waals surface area contributed by atoms with Crippen LogP contribution in [0.2, 0.25) is 0 Å². The van der Waals surface area contributed by atoms with Gasteiger partial charge in [-0.15, -0.1) is 0 Å². The molecule has 3 rings (SSSR count). The summed E-state index contributed by atoms with van der Waals surface area (Å²) in [5.74, 6) is 6.08. The van der Waals surface area contributed by atoms with E-state index in [9.17, 15) is 4.79 Å². The fourth-order valence-electron chi connectivity index (χ4n) is 2.80. The molecule has 1 aliphatic heterocycles. The molecule has 1 unspecified atom stereocenters. The lowest BCUT2D eigenvalue weighted by Crippen LogP contribution is -2.19. The van der Waals surface area contributed by atoms with E-state index in [4.69, 9.17) is 4.74 Å². The summed E-state index contributed by atoms with van der Waals surface area (Å²) in [4.78, 5) is 11.9. The summed E-state index contributed by atoms with van der Waals surface area (Å²) in [5, 5.41) is 0. The van der Waals surface area contributed by atoms with Gasteiger partial charge in [0.1, 0.15) is 0 Å². The van der Waals surface area contributed by atoms with Crippen molar-refractivity contribution >= 4 is 5.78 Å². The summed E-state index contributed by atoms with van der Waals surface area (Å²) < 4.78 is 5.40. The molecule has 2 heteroatoms. The summed E-state index contributed by atoms with van der Waals surface area (Å²) in [7, 11) is 0. The molecular formula is C21H20O2. The first-order valence-electron chi connectivity index (χ1n) is 8.09. The highest BCUT2D eigenvalue weighted by atomic mass is 16.5. The Morgan fingerprint density at radius 2 is 1.78 bits per heavy atom. The van der Waals surface area contributed by atoms with E-state index < -0.39 is 0 Å². The van der Waals surface area contributed by atoms with Crippen LogP contribution in [0, 0.1) is 17.8 Å². The number of rotatable bonds is 3. The molecule has 116 valence electrons. The maximum Gasteiger partial charge on any atom is 0.206 e. The van der Waals surface area contributed by atoms with Crippen molar-refractivity contribution in [3.63, 3.8) is 0 Å². The van der Waals surface area contributed by atoms with Crippen molar-refractivity contribution < 1.29 is 9.53 Å². The van der Waals surface area contributed by atoms with Gasteiger partial charge in [0.2, 0.25) is 5.78 Å². The van der Waals surface area contributed by atoms with Gasteiger partial charge in [-0.2, -0.15) is 0 Å². The summed E-state index contributed by atoms with van der Waals surface area (Å²) >= 11 is 0. The zero-order valence-electron chi connectivity index (χ0n) is 13.1. The quantitative estimate of drug-likeness (QED) is 0.798. The predicted molar refractivity (Wildman–Crippen MR) is 91.9 cm³/mol. The number of ketones is 1. The van der Waals surface area contributed by atoms with E-state index >= 15 is 0 Å². The van der Waals surface area contributed by atoms with Gasteiger partial charge in [0, 0.05) is 25.2 Å². The minimum absolute atomic E-state index is 0.00707. The van der Waals surface area contributed by atoms with E-state index in [0.29, 0.717) is 18.9 Å². The Hall–Kier alpha value is -2.37. The highest BCUT2D eigenvalue weighted by Gasteiger charge is 2.16. The largest absolute Gasteiger partial charge is 0.381 e. The van der Waals surface area contributed by atoms with Gasteiger partial charge < -0.3 is 4.74 Å². The normalized spacial score (nSPS) is 17.1. The molecule has 1 heterocycles. The van der Waals surface area contributed by atoms with Crippen LogP contribution in [0.25, 0.3) is 11.1 Å². The van der Waals surface area contributed by atoms with Gasteiger partial charge in [0.05, 0.1) is 0 Å². The van der Waals surface area contributed by atoms with Crippen LogP contribution in [-0.4, -0.2) is 19.0 Å². The first kappa shape index (κ1) is 15.5. The molecule has 0 amide bonds. The number of hydrogen-bond donors (Lipinski definition) is 0. The molecule has 2 aromatic rings. The van der Waals surface area contributed by atoms with Gasteiger partial charge in [-0.05, 0) is 47.9 Å². The number of hydrogen-bond acceptors (Lipinski definition) is 2. The average molecular weight is 304 g/mol. The molecular weight excluding hydrogens is 284 g/mol. The van der Waals surface area contributed by atoms with E-state index in [-0.39, 0.29) is 5.78 Å². The van der Waals surface area contributed by atoms with Crippen molar-refractivity contribution in [2.24, 2.45) is 5.92 Å². The number of Topliss-reactive ketones (excluding diaryl/α,β-unsaturated/α-hetero) is 1. The molecule has 1 saturated heterocycles. The van der Waals surface area contributed by atoms with E-state index in [1.54, 1.807) is 0 Å². The standard InChI is InChI=1S/C21H20O2/c22-21(15-18-5-4-14-23-16-18)13-10-17-8-11-20(12-9-17)19-6-2-1-3-7-19/h1-3,6-9,11-12,18H,4-5,14-16H2. The second-order valence-electron chi connectivity index (χ2n) is 5.90. The van der Waals surface area contributed by atoms with Crippen molar-refractivity contribution in [2.75, 3.05) is 13.2 Å². The van der Waals surface area contributed by atoms with Gasteiger partial charge in [0.15, 0.2) is 0 Å². The molecule has 1 atom stereocenters. The third-order valence-corrected chi connectivity index (χ3v) is 4.07. The van der Waals surface area contributed by atoms with Crippen LogP contribution in [0.15, 0.2) is 54.6 Å². The highest BCUT2D eigenvalue weighted by Crippen LogP contribution is 2.19. The van der Waals surface area contributed by atoms with Crippen LogP contribution >= 0.6 is 0 Å². The van der Waals surface area contributed by atoms with Crippen LogP contribution in [0.1, 0.15) is 24.8 Å². The molecule has 23 heavy (non-hydrogen) atoms. The van der Waals surface area contributed by atoms with E-state index in [1.807, 2.05) is 42.5 Å².